The Morgan fingerprint density at radius 1 is 1.27 bits per heavy atom. The standard InChI is InChI=1S/C11H20O4/c12-9(5-11-8-15-11)6-13-7-10-3-1-2-4-14-10/h9-12H,1-8H2. The topological polar surface area (TPSA) is 51.2 Å². The molecule has 2 rings (SSSR count). The average molecular weight is 216 g/mol. The minimum atomic E-state index is -0.388. The van der Waals surface area contributed by atoms with Crippen LogP contribution in [0.2, 0.25) is 0 Å². The van der Waals surface area contributed by atoms with Gasteiger partial charge in [0, 0.05) is 13.0 Å². The number of aliphatic hydroxyl groups is 1. The number of rotatable bonds is 6. The van der Waals surface area contributed by atoms with Gasteiger partial charge in [0.05, 0.1) is 38.1 Å². The van der Waals surface area contributed by atoms with Crippen molar-refractivity contribution >= 4 is 0 Å². The van der Waals surface area contributed by atoms with Gasteiger partial charge in [0.2, 0.25) is 0 Å². The summed E-state index contributed by atoms with van der Waals surface area (Å²) in [5.41, 5.74) is 0. The van der Waals surface area contributed by atoms with Gasteiger partial charge in [-0.2, -0.15) is 0 Å². The highest BCUT2D eigenvalue weighted by molar-refractivity contribution is 4.73. The van der Waals surface area contributed by atoms with E-state index in [2.05, 4.69) is 0 Å². The van der Waals surface area contributed by atoms with E-state index in [9.17, 15) is 5.11 Å². The maximum absolute atomic E-state index is 9.54. The van der Waals surface area contributed by atoms with Gasteiger partial charge in [0.25, 0.3) is 0 Å². The Balaban J connectivity index is 1.49. The van der Waals surface area contributed by atoms with Crippen LogP contribution in [0.4, 0.5) is 0 Å². The lowest BCUT2D eigenvalue weighted by atomic mass is 10.1. The van der Waals surface area contributed by atoms with Crippen molar-refractivity contribution in [3.63, 3.8) is 0 Å². The monoisotopic (exact) mass is 216 g/mol. The molecule has 3 atom stereocenters. The summed E-state index contributed by atoms with van der Waals surface area (Å²) < 4.78 is 16.0. The molecule has 0 spiro atoms. The lowest BCUT2D eigenvalue weighted by Crippen LogP contribution is -2.27. The predicted molar refractivity (Wildman–Crippen MR) is 54.8 cm³/mol. The molecule has 3 unspecified atom stereocenters. The number of hydrogen-bond donors (Lipinski definition) is 1. The van der Waals surface area contributed by atoms with Crippen molar-refractivity contribution in [2.45, 2.75) is 44.0 Å². The molecule has 2 aliphatic rings. The summed E-state index contributed by atoms with van der Waals surface area (Å²) >= 11 is 0. The van der Waals surface area contributed by atoms with Gasteiger partial charge in [0.1, 0.15) is 0 Å². The summed E-state index contributed by atoms with van der Waals surface area (Å²) in [6, 6.07) is 0. The van der Waals surface area contributed by atoms with Crippen LogP contribution in [-0.2, 0) is 14.2 Å². The van der Waals surface area contributed by atoms with E-state index in [1.54, 1.807) is 0 Å². The first-order valence-electron chi connectivity index (χ1n) is 5.83. The van der Waals surface area contributed by atoms with Crippen LogP contribution < -0.4 is 0 Å². The van der Waals surface area contributed by atoms with Crippen LogP contribution >= 0.6 is 0 Å². The van der Waals surface area contributed by atoms with Crippen LogP contribution in [0.5, 0.6) is 0 Å². The summed E-state index contributed by atoms with van der Waals surface area (Å²) in [4.78, 5) is 0. The van der Waals surface area contributed by atoms with Gasteiger partial charge in [-0.15, -0.1) is 0 Å². The molecule has 15 heavy (non-hydrogen) atoms. The Bertz CT molecular complexity index is 175. The van der Waals surface area contributed by atoms with Gasteiger partial charge in [-0.25, -0.2) is 0 Å². The molecular formula is C11H20O4. The molecule has 0 aromatic carbocycles. The van der Waals surface area contributed by atoms with Crippen molar-refractivity contribution in [3.8, 4) is 0 Å². The Morgan fingerprint density at radius 2 is 2.13 bits per heavy atom. The van der Waals surface area contributed by atoms with Crippen molar-refractivity contribution in [1.82, 2.24) is 0 Å². The molecule has 0 radical (unpaired) electrons. The Morgan fingerprint density at radius 3 is 2.80 bits per heavy atom. The highest BCUT2D eigenvalue weighted by Crippen LogP contribution is 2.16. The first kappa shape index (κ1) is 11.3. The summed E-state index contributed by atoms with van der Waals surface area (Å²) in [5.74, 6) is 0. The van der Waals surface area contributed by atoms with E-state index in [0.717, 1.165) is 26.1 Å². The largest absolute Gasteiger partial charge is 0.391 e. The molecule has 4 nitrogen and oxygen atoms in total. The zero-order valence-electron chi connectivity index (χ0n) is 9.06. The third-order valence-corrected chi connectivity index (χ3v) is 2.83. The Hall–Kier alpha value is -0.160. The smallest absolute Gasteiger partial charge is 0.0835 e. The van der Waals surface area contributed by atoms with E-state index in [0.29, 0.717) is 19.6 Å². The van der Waals surface area contributed by atoms with Crippen molar-refractivity contribution < 1.29 is 19.3 Å². The summed E-state index contributed by atoms with van der Waals surface area (Å²) in [6.45, 7) is 2.66. The number of aliphatic hydroxyl groups excluding tert-OH is 1. The minimum absolute atomic E-state index is 0.239. The van der Waals surface area contributed by atoms with Gasteiger partial charge in [0.15, 0.2) is 0 Å². The van der Waals surface area contributed by atoms with Gasteiger partial charge in [-0.3, -0.25) is 0 Å². The second-order valence-electron chi connectivity index (χ2n) is 4.37. The molecule has 2 heterocycles. The molecule has 1 N–H and O–H groups in total. The molecule has 88 valence electrons. The number of hydrogen-bond acceptors (Lipinski definition) is 4. The average Bonchev–Trinajstić information content (AvgIpc) is 3.03. The summed E-state index contributed by atoms with van der Waals surface area (Å²) in [6.07, 6.45) is 4.30. The van der Waals surface area contributed by atoms with E-state index in [4.69, 9.17) is 14.2 Å². The summed E-state index contributed by atoms with van der Waals surface area (Å²) in [7, 11) is 0. The molecule has 0 amide bonds. The first-order chi connectivity index (χ1) is 7.34. The molecule has 2 aliphatic heterocycles. The van der Waals surface area contributed by atoms with E-state index in [-0.39, 0.29) is 18.3 Å². The molecular weight excluding hydrogens is 196 g/mol. The second kappa shape index (κ2) is 5.80. The molecule has 2 saturated heterocycles. The molecule has 4 heteroatoms. The summed E-state index contributed by atoms with van der Waals surface area (Å²) in [5, 5.41) is 9.54. The van der Waals surface area contributed by atoms with Crippen molar-refractivity contribution in [2.24, 2.45) is 0 Å². The van der Waals surface area contributed by atoms with E-state index in [1.165, 1.54) is 6.42 Å². The second-order valence-corrected chi connectivity index (χ2v) is 4.37. The fraction of sp³-hybridized carbons (Fsp3) is 1.00. The van der Waals surface area contributed by atoms with Crippen LogP contribution in [0.3, 0.4) is 0 Å². The van der Waals surface area contributed by atoms with E-state index >= 15 is 0 Å². The van der Waals surface area contributed by atoms with Gasteiger partial charge >= 0.3 is 0 Å². The zero-order chi connectivity index (χ0) is 10.5. The van der Waals surface area contributed by atoms with Crippen molar-refractivity contribution in [1.29, 1.82) is 0 Å². The van der Waals surface area contributed by atoms with Crippen LogP contribution in [0.15, 0.2) is 0 Å². The third-order valence-electron chi connectivity index (χ3n) is 2.83. The van der Waals surface area contributed by atoms with Crippen LogP contribution in [0.1, 0.15) is 25.7 Å². The van der Waals surface area contributed by atoms with Crippen molar-refractivity contribution in [2.75, 3.05) is 26.4 Å². The predicted octanol–water partition coefficient (Wildman–Crippen LogP) is 0.722. The zero-order valence-corrected chi connectivity index (χ0v) is 9.06. The number of ether oxygens (including phenoxy) is 3. The maximum Gasteiger partial charge on any atom is 0.0835 e. The van der Waals surface area contributed by atoms with Gasteiger partial charge < -0.3 is 19.3 Å². The fourth-order valence-electron chi connectivity index (χ4n) is 1.85. The fourth-order valence-corrected chi connectivity index (χ4v) is 1.85. The van der Waals surface area contributed by atoms with E-state index in [1.807, 2.05) is 0 Å². The minimum Gasteiger partial charge on any atom is -0.391 e. The number of epoxide rings is 1. The first-order valence-corrected chi connectivity index (χ1v) is 5.83. The van der Waals surface area contributed by atoms with Gasteiger partial charge in [-0.05, 0) is 19.3 Å². The molecule has 0 saturated carbocycles. The van der Waals surface area contributed by atoms with Crippen LogP contribution in [0, 0.1) is 0 Å². The van der Waals surface area contributed by atoms with Crippen LogP contribution in [-0.4, -0.2) is 49.8 Å². The normalized spacial score (nSPS) is 32.6. The molecule has 2 fully saturated rings. The SMILES string of the molecule is OC(COCC1CCCCO1)CC1CO1. The molecule has 0 bridgehead atoms. The van der Waals surface area contributed by atoms with Crippen molar-refractivity contribution in [3.05, 3.63) is 0 Å². The lowest BCUT2D eigenvalue weighted by Gasteiger charge is -2.22. The van der Waals surface area contributed by atoms with Crippen LogP contribution in [0.25, 0.3) is 0 Å². The Labute approximate surface area is 90.5 Å². The molecule has 0 aromatic heterocycles. The highest BCUT2D eigenvalue weighted by atomic mass is 16.6. The highest BCUT2D eigenvalue weighted by Gasteiger charge is 2.25. The van der Waals surface area contributed by atoms with E-state index < -0.39 is 0 Å². The molecule has 0 aliphatic carbocycles. The molecule has 0 aromatic rings. The quantitative estimate of drug-likeness (QED) is 0.665. The maximum atomic E-state index is 9.54. The Kier molecular flexibility index (Phi) is 4.38. The van der Waals surface area contributed by atoms with Gasteiger partial charge in [-0.1, -0.05) is 0 Å². The lowest BCUT2D eigenvalue weighted by molar-refractivity contribution is -0.0583. The third kappa shape index (κ3) is 4.47.